The summed E-state index contributed by atoms with van der Waals surface area (Å²) in [6, 6.07) is 0. The second-order valence-electron chi connectivity index (χ2n) is 7.25. The molecule has 3 heterocycles. The first-order chi connectivity index (χ1) is 13.4. The van der Waals surface area contributed by atoms with Gasteiger partial charge in [-0.05, 0) is 18.9 Å². The van der Waals surface area contributed by atoms with Crippen molar-refractivity contribution in [3.8, 4) is 0 Å². The van der Waals surface area contributed by atoms with E-state index in [1.165, 1.54) is 16.4 Å². The molecular formula is C17H29F3IN7S. The van der Waals surface area contributed by atoms with Gasteiger partial charge in [-0.25, -0.2) is 4.98 Å². The Morgan fingerprint density at radius 1 is 1.24 bits per heavy atom. The molecule has 2 aliphatic heterocycles. The number of guanidine groups is 1. The number of rotatable bonds is 5. The summed E-state index contributed by atoms with van der Waals surface area (Å²) in [6.45, 7) is 6.22. The minimum absolute atomic E-state index is 0. The molecule has 166 valence electrons. The molecule has 2 fully saturated rings. The van der Waals surface area contributed by atoms with E-state index in [1.54, 1.807) is 7.05 Å². The molecular weight excluding hydrogens is 518 g/mol. The van der Waals surface area contributed by atoms with Crippen LogP contribution in [0.5, 0.6) is 0 Å². The van der Waals surface area contributed by atoms with Crippen molar-refractivity contribution in [3.05, 3.63) is 5.82 Å². The van der Waals surface area contributed by atoms with Crippen LogP contribution in [0.15, 0.2) is 4.99 Å². The molecule has 3 rings (SSSR count). The maximum atomic E-state index is 12.5. The van der Waals surface area contributed by atoms with Crippen molar-refractivity contribution in [2.75, 3.05) is 64.3 Å². The van der Waals surface area contributed by atoms with Gasteiger partial charge >= 0.3 is 6.18 Å². The van der Waals surface area contributed by atoms with Crippen LogP contribution in [-0.2, 0) is 6.42 Å². The maximum Gasteiger partial charge on any atom is 0.401 e. The first-order valence-corrected chi connectivity index (χ1v) is 10.5. The van der Waals surface area contributed by atoms with Crippen LogP contribution in [0.2, 0.25) is 0 Å². The molecule has 1 unspecified atom stereocenters. The number of anilines is 1. The Morgan fingerprint density at radius 3 is 2.55 bits per heavy atom. The smallest absolute Gasteiger partial charge is 0.356 e. The van der Waals surface area contributed by atoms with E-state index in [0.717, 1.165) is 55.9 Å². The third kappa shape index (κ3) is 7.09. The van der Waals surface area contributed by atoms with Crippen molar-refractivity contribution < 1.29 is 13.2 Å². The highest BCUT2D eigenvalue weighted by atomic mass is 127. The molecule has 0 bridgehead atoms. The van der Waals surface area contributed by atoms with Gasteiger partial charge in [-0.1, -0.05) is 6.92 Å². The van der Waals surface area contributed by atoms with Crippen LogP contribution in [0.4, 0.5) is 18.3 Å². The molecule has 0 spiro atoms. The zero-order valence-corrected chi connectivity index (χ0v) is 19.9. The molecule has 0 aliphatic carbocycles. The van der Waals surface area contributed by atoms with Crippen LogP contribution < -0.4 is 10.2 Å². The zero-order valence-electron chi connectivity index (χ0n) is 16.8. The number of nitrogens with one attached hydrogen (secondary N) is 1. The topological polar surface area (TPSA) is 59.9 Å². The summed E-state index contributed by atoms with van der Waals surface area (Å²) < 4.78 is 41.9. The van der Waals surface area contributed by atoms with E-state index in [2.05, 4.69) is 29.5 Å². The summed E-state index contributed by atoms with van der Waals surface area (Å²) in [5.41, 5.74) is 0. The molecule has 29 heavy (non-hydrogen) atoms. The fourth-order valence-corrected chi connectivity index (χ4v) is 4.47. The molecule has 12 heteroatoms. The van der Waals surface area contributed by atoms with Gasteiger partial charge in [0.2, 0.25) is 5.13 Å². The standard InChI is InChI=1S/C17H28F3N7S.HI/c1-3-14-23-16(28-24-14)27-8-6-26(7-9-27)15(21-2)22-10-13-4-5-25(11-13)12-17(18,19)20;/h13H,3-12H2,1-2H3,(H,21,22);1H. The number of aryl methyl sites for hydroxylation is 1. The van der Waals surface area contributed by atoms with Gasteiger partial charge in [-0.15, -0.1) is 24.0 Å². The lowest BCUT2D eigenvalue weighted by Crippen LogP contribution is -2.53. The van der Waals surface area contributed by atoms with Crippen LogP contribution >= 0.6 is 35.5 Å². The fourth-order valence-electron chi connectivity index (χ4n) is 3.67. The van der Waals surface area contributed by atoms with Crippen LogP contribution in [0, 0.1) is 5.92 Å². The molecule has 0 saturated carbocycles. The summed E-state index contributed by atoms with van der Waals surface area (Å²) in [5.74, 6) is 1.92. The maximum absolute atomic E-state index is 12.5. The van der Waals surface area contributed by atoms with Gasteiger partial charge in [-0.2, -0.15) is 17.5 Å². The lowest BCUT2D eigenvalue weighted by molar-refractivity contribution is -0.143. The molecule has 1 aromatic heterocycles. The van der Waals surface area contributed by atoms with Crippen LogP contribution in [0.3, 0.4) is 0 Å². The average molecular weight is 547 g/mol. The molecule has 1 N–H and O–H groups in total. The van der Waals surface area contributed by atoms with E-state index in [1.807, 2.05) is 6.92 Å². The highest BCUT2D eigenvalue weighted by Crippen LogP contribution is 2.23. The van der Waals surface area contributed by atoms with Gasteiger partial charge in [0.05, 0.1) is 6.54 Å². The van der Waals surface area contributed by atoms with E-state index in [-0.39, 0.29) is 29.9 Å². The van der Waals surface area contributed by atoms with Gasteiger partial charge < -0.3 is 15.1 Å². The van der Waals surface area contributed by atoms with E-state index in [4.69, 9.17) is 0 Å². The zero-order chi connectivity index (χ0) is 20.1. The number of aromatic nitrogens is 2. The third-order valence-corrected chi connectivity index (χ3v) is 5.97. The largest absolute Gasteiger partial charge is 0.401 e. The Labute approximate surface area is 190 Å². The van der Waals surface area contributed by atoms with Gasteiger partial charge in [0.25, 0.3) is 0 Å². The van der Waals surface area contributed by atoms with Crippen molar-refractivity contribution in [1.82, 2.24) is 24.5 Å². The van der Waals surface area contributed by atoms with Crippen LogP contribution in [0.1, 0.15) is 19.2 Å². The summed E-state index contributed by atoms with van der Waals surface area (Å²) in [6.07, 6.45) is -2.50. The molecule has 7 nitrogen and oxygen atoms in total. The number of hydrogen-bond donors (Lipinski definition) is 1. The molecule has 2 saturated heterocycles. The van der Waals surface area contributed by atoms with Crippen molar-refractivity contribution in [1.29, 1.82) is 0 Å². The number of hydrogen-bond acceptors (Lipinski definition) is 6. The molecule has 1 atom stereocenters. The monoisotopic (exact) mass is 547 g/mol. The van der Waals surface area contributed by atoms with E-state index in [0.29, 0.717) is 19.6 Å². The van der Waals surface area contributed by atoms with E-state index in [9.17, 15) is 13.2 Å². The number of nitrogens with zero attached hydrogens (tertiary/aromatic N) is 6. The van der Waals surface area contributed by atoms with Crippen LogP contribution in [-0.4, -0.2) is 90.7 Å². The Morgan fingerprint density at radius 2 is 1.97 bits per heavy atom. The highest BCUT2D eigenvalue weighted by Gasteiger charge is 2.34. The number of halogens is 4. The minimum atomic E-state index is -4.12. The predicted molar refractivity (Wildman–Crippen MR) is 120 cm³/mol. The van der Waals surface area contributed by atoms with Crippen molar-refractivity contribution in [2.45, 2.75) is 25.9 Å². The Bertz CT molecular complexity index is 662. The predicted octanol–water partition coefficient (Wildman–Crippen LogP) is 2.30. The quantitative estimate of drug-likeness (QED) is 0.347. The minimum Gasteiger partial charge on any atom is -0.356 e. The number of aliphatic imine (C=N–C) groups is 1. The fraction of sp³-hybridized carbons (Fsp3) is 0.824. The van der Waals surface area contributed by atoms with Crippen molar-refractivity contribution in [2.24, 2.45) is 10.9 Å². The lowest BCUT2D eigenvalue weighted by atomic mass is 10.1. The van der Waals surface area contributed by atoms with E-state index >= 15 is 0 Å². The molecule has 0 aromatic carbocycles. The first-order valence-electron chi connectivity index (χ1n) is 9.70. The van der Waals surface area contributed by atoms with Gasteiger partial charge in [0.1, 0.15) is 5.82 Å². The Hall–Kier alpha value is -0.890. The molecule has 0 amide bonds. The molecule has 0 radical (unpaired) electrons. The number of likely N-dealkylation sites (tertiary alicyclic amines) is 1. The van der Waals surface area contributed by atoms with Crippen molar-refractivity contribution in [3.63, 3.8) is 0 Å². The van der Waals surface area contributed by atoms with Gasteiger partial charge in [0, 0.05) is 64.3 Å². The second-order valence-corrected chi connectivity index (χ2v) is 7.98. The van der Waals surface area contributed by atoms with Crippen LogP contribution in [0.25, 0.3) is 0 Å². The Balaban J connectivity index is 0.00000300. The normalized spacial score (nSPS) is 21.4. The number of piperazine rings is 1. The molecule has 1 aromatic rings. The van der Waals surface area contributed by atoms with Gasteiger partial charge in [0.15, 0.2) is 5.96 Å². The SMILES string of the molecule is CCc1nsc(N2CCN(C(=NC)NCC3CCN(CC(F)(F)F)C3)CC2)n1.I. The van der Waals surface area contributed by atoms with Crippen molar-refractivity contribution >= 4 is 46.6 Å². The summed E-state index contributed by atoms with van der Waals surface area (Å²) in [7, 11) is 1.75. The van der Waals surface area contributed by atoms with Gasteiger partial charge in [-0.3, -0.25) is 9.89 Å². The molecule has 2 aliphatic rings. The summed E-state index contributed by atoms with van der Waals surface area (Å²) in [4.78, 5) is 14.8. The van der Waals surface area contributed by atoms with E-state index < -0.39 is 12.7 Å². The summed E-state index contributed by atoms with van der Waals surface area (Å²) in [5, 5.41) is 4.32. The first kappa shape index (κ1) is 24.4. The third-order valence-electron chi connectivity index (χ3n) is 5.16. The Kier molecular flexibility index (Phi) is 9.19. The average Bonchev–Trinajstić information content (AvgIpc) is 3.31. The number of alkyl halides is 3. The lowest BCUT2D eigenvalue weighted by Gasteiger charge is -2.36. The highest BCUT2D eigenvalue weighted by molar-refractivity contribution is 14.0. The second kappa shape index (κ2) is 10.9. The summed E-state index contributed by atoms with van der Waals surface area (Å²) >= 11 is 1.44.